The highest BCUT2D eigenvalue weighted by Gasteiger charge is 2.27. The van der Waals surface area contributed by atoms with Crippen molar-refractivity contribution in [1.29, 1.82) is 0 Å². The fraction of sp³-hybridized carbons (Fsp3) is 0.176. The molecule has 0 saturated heterocycles. The van der Waals surface area contributed by atoms with E-state index in [2.05, 4.69) is 17.2 Å². The van der Waals surface area contributed by atoms with Gasteiger partial charge in [0.25, 0.3) is 0 Å². The van der Waals surface area contributed by atoms with Crippen molar-refractivity contribution in [3.63, 3.8) is 0 Å². The lowest BCUT2D eigenvalue weighted by atomic mass is 10.3. The molecule has 1 aliphatic rings. The number of aliphatic imine (C=N–C) groups is 1. The number of amides is 2. The highest BCUT2D eigenvalue weighted by atomic mass is 35.5. The second kappa shape index (κ2) is 7.06. The third-order valence-electron chi connectivity index (χ3n) is 3.29. The summed E-state index contributed by atoms with van der Waals surface area (Å²) in [4.78, 5) is 18.9. The Balaban J connectivity index is 1.86. The predicted octanol–water partition coefficient (Wildman–Crippen LogP) is 4.87. The largest absolute Gasteiger partial charge is 0.332 e. The van der Waals surface area contributed by atoms with E-state index in [1.807, 2.05) is 30.3 Å². The van der Waals surface area contributed by atoms with Crippen molar-refractivity contribution >= 4 is 45.9 Å². The summed E-state index contributed by atoms with van der Waals surface area (Å²) in [6.07, 6.45) is 0. The van der Waals surface area contributed by atoms with Crippen molar-refractivity contribution in [3.05, 3.63) is 59.6 Å². The molecule has 1 N–H and O–H groups in total. The topological polar surface area (TPSA) is 44.7 Å². The number of nitrogens with one attached hydrogen (secondary N) is 1. The van der Waals surface area contributed by atoms with Gasteiger partial charge in [-0.15, -0.1) is 0 Å². The normalized spacial score (nSPS) is 16.8. The van der Waals surface area contributed by atoms with Crippen molar-refractivity contribution < 1.29 is 4.79 Å². The Morgan fingerprint density at radius 2 is 1.91 bits per heavy atom. The molecule has 118 valence electrons. The number of anilines is 2. The van der Waals surface area contributed by atoms with E-state index in [1.54, 1.807) is 40.9 Å². The molecule has 2 aromatic rings. The molecule has 1 atom stereocenters. The van der Waals surface area contributed by atoms with Crippen molar-refractivity contribution in [2.24, 2.45) is 4.99 Å². The second-order valence-corrected chi connectivity index (χ2v) is 7.00. The van der Waals surface area contributed by atoms with Crippen LogP contribution in [0, 0.1) is 0 Å². The van der Waals surface area contributed by atoms with Gasteiger partial charge in [-0.3, -0.25) is 4.99 Å². The minimum Gasteiger partial charge on any atom is -0.307 e. The molecule has 0 saturated carbocycles. The van der Waals surface area contributed by atoms with Crippen LogP contribution in [0.25, 0.3) is 0 Å². The maximum absolute atomic E-state index is 12.8. The van der Waals surface area contributed by atoms with Crippen molar-refractivity contribution in [1.82, 2.24) is 0 Å². The monoisotopic (exact) mass is 345 g/mol. The minimum absolute atomic E-state index is 0.237. The van der Waals surface area contributed by atoms with E-state index < -0.39 is 0 Å². The Morgan fingerprint density at radius 3 is 2.52 bits per heavy atom. The van der Waals surface area contributed by atoms with E-state index in [0.717, 1.165) is 17.4 Å². The number of para-hydroxylation sites is 1. The molecule has 1 heterocycles. The number of thioether (sulfide) groups is 1. The molecular formula is C17H16ClN3OS. The molecule has 6 heteroatoms. The molecule has 2 aromatic carbocycles. The van der Waals surface area contributed by atoms with Gasteiger partial charge in [-0.1, -0.05) is 48.5 Å². The summed E-state index contributed by atoms with van der Waals surface area (Å²) in [7, 11) is 0. The number of hydrogen-bond acceptors (Lipinski definition) is 3. The zero-order chi connectivity index (χ0) is 16.2. The van der Waals surface area contributed by atoms with E-state index in [0.29, 0.717) is 16.0 Å². The van der Waals surface area contributed by atoms with Crippen LogP contribution in [0.3, 0.4) is 0 Å². The average Bonchev–Trinajstić information content (AvgIpc) is 2.97. The highest BCUT2D eigenvalue weighted by molar-refractivity contribution is 8.15. The quantitative estimate of drug-likeness (QED) is 0.843. The molecule has 0 spiro atoms. The smallest absolute Gasteiger partial charge is 0.307 e. The molecule has 0 aliphatic carbocycles. The summed E-state index contributed by atoms with van der Waals surface area (Å²) < 4.78 is 0. The number of rotatable bonds is 2. The molecule has 23 heavy (non-hydrogen) atoms. The maximum Gasteiger partial charge on any atom is 0.332 e. The van der Waals surface area contributed by atoms with E-state index in [4.69, 9.17) is 11.6 Å². The Kier molecular flexibility index (Phi) is 4.88. The lowest BCUT2D eigenvalue weighted by Gasteiger charge is -2.22. The summed E-state index contributed by atoms with van der Waals surface area (Å²) in [5.74, 6) is 0. The van der Waals surface area contributed by atoms with Crippen molar-refractivity contribution in [2.75, 3.05) is 16.8 Å². The molecule has 0 aromatic heterocycles. The fourth-order valence-electron chi connectivity index (χ4n) is 2.19. The number of carbonyl (C=O) groups is 1. The number of urea groups is 1. The van der Waals surface area contributed by atoms with Crippen LogP contribution in [-0.4, -0.2) is 23.0 Å². The van der Waals surface area contributed by atoms with Crippen LogP contribution in [-0.2, 0) is 0 Å². The summed E-state index contributed by atoms with van der Waals surface area (Å²) in [5.41, 5.74) is 1.48. The highest BCUT2D eigenvalue weighted by Crippen LogP contribution is 2.28. The van der Waals surface area contributed by atoms with E-state index in [1.165, 1.54) is 0 Å². The Hall–Kier alpha value is -1.98. The molecule has 1 unspecified atom stereocenters. The van der Waals surface area contributed by atoms with E-state index in [-0.39, 0.29) is 6.03 Å². The zero-order valence-corrected chi connectivity index (χ0v) is 14.1. The van der Waals surface area contributed by atoms with Crippen molar-refractivity contribution in [2.45, 2.75) is 12.2 Å². The molecular weight excluding hydrogens is 330 g/mol. The summed E-state index contributed by atoms with van der Waals surface area (Å²) in [5, 5.41) is 4.62. The Labute approximate surface area is 144 Å². The summed E-state index contributed by atoms with van der Waals surface area (Å²) in [6.45, 7) is 2.82. The minimum atomic E-state index is -0.237. The standard InChI is InChI=1S/C17H16ClN3OS/c1-12-11-19-17(23-12)21(15-5-3-2-4-6-15)16(22)20-14-9-7-13(18)8-10-14/h2-10,12H,11H2,1H3,(H,20,22). The van der Waals surface area contributed by atoms with Gasteiger partial charge in [0.15, 0.2) is 5.17 Å². The van der Waals surface area contributed by atoms with Gasteiger partial charge >= 0.3 is 6.03 Å². The van der Waals surface area contributed by atoms with Crippen LogP contribution in [0.4, 0.5) is 16.2 Å². The van der Waals surface area contributed by atoms with Crippen LogP contribution in [0.15, 0.2) is 59.6 Å². The number of halogens is 1. The van der Waals surface area contributed by atoms with E-state index in [9.17, 15) is 4.79 Å². The van der Waals surface area contributed by atoms with Gasteiger partial charge in [-0.2, -0.15) is 0 Å². The first kappa shape index (κ1) is 15.9. The number of benzene rings is 2. The van der Waals surface area contributed by atoms with E-state index >= 15 is 0 Å². The number of amidine groups is 1. The zero-order valence-electron chi connectivity index (χ0n) is 12.6. The van der Waals surface area contributed by atoms with Crippen LogP contribution in [0.2, 0.25) is 5.02 Å². The third-order valence-corrected chi connectivity index (χ3v) is 4.62. The van der Waals surface area contributed by atoms with Crippen molar-refractivity contribution in [3.8, 4) is 0 Å². The first-order valence-corrected chi connectivity index (χ1v) is 8.52. The van der Waals surface area contributed by atoms with Crippen LogP contribution < -0.4 is 10.2 Å². The molecule has 0 radical (unpaired) electrons. The third kappa shape index (κ3) is 3.86. The Morgan fingerprint density at radius 1 is 1.22 bits per heavy atom. The summed E-state index contributed by atoms with van der Waals surface area (Å²) in [6, 6.07) is 16.3. The first-order valence-electron chi connectivity index (χ1n) is 7.26. The fourth-order valence-corrected chi connectivity index (χ4v) is 3.27. The molecule has 2 amide bonds. The van der Waals surface area contributed by atoms with Gasteiger partial charge in [0.05, 0.1) is 12.2 Å². The lowest BCUT2D eigenvalue weighted by Crippen LogP contribution is -2.38. The van der Waals surface area contributed by atoms with Gasteiger partial charge in [0, 0.05) is 16.0 Å². The van der Waals surface area contributed by atoms with Crippen LogP contribution in [0.5, 0.6) is 0 Å². The molecule has 3 rings (SSSR count). The number of nitrogens with zero attached hydrogens (tertiary/aromatic N) is 2. The lowest BCUT2D eigenvalue weighted by molar-refractivity contribution is 0.259. The van der Waals surface area contributed by atoms with Crippen LogP contribution >= 0.6 is 23.4 Å². The predicted molar refractivity (Wildman–Crippen MR) is 98.7 cm³/mol. The van der Waals surface area contributed by atoms with Gasteiger partial charge < -0.3 is 5.32 Å². The average molecular weight is 346 g/mol. The SMILES string of the molecule is CC1CN=C(N(C(=O)Nc2ccc(Cl)cc2)c2ccccc2)S1. The number of hydrogen-bond donors (Lipinski definition) is 1. The Bertz CT molecular complexity index is 718. The van der Waals surface area contributed by atoms with Gasteiger partial charge in [-0.05, 0) is 36.4 Å². The number of carbonyl (C=O) groups excluding carboxylic acids is 1. The van der Waals surface area contributed by atoms with Gasteiger partial charge in [0.1, 0.15) is 0 Å². The molecule has 4 nitrogen and oxygen atoms in total. The van der Waals surface area contributed by atoms with Gasteiger partial charge in [0.2, 0.25) is 0 Å². The summed E-state index contributed by atoms with van der Waals surface area (Å²) >= 11 is 7.48. The molecule has 0 fully saturated rings. The molecule has 1 aliphatic heterocycles. The maximum atomic E-state index is 12.8. The molecule has 0 bridgehead atoms. The van der Waals surface area contributed by atoms with Gasteiger partial charge in [-0.25, -0.2) is 9.69 Å². The first-order chi connectivity index (χ1) is 11.1. The van der Waals surface area contributed by atoms with Crippen LogP contribution in [0.1, 0.15) is 6.92 Å². The second-order valence-electron chi connectivity index (χ2n) is 5.16.